The van der Waals surface area contributed by atoms with Crippen molar-refractivity contribution in [1.82, 2.24) is 15.2 Å². The quantitative estimate of drug-likeness (QED) is 0.733. The van der Waals surface area contributed by atoms with Crippen LogP contribution in [0.3, 0.4) is 0 Å². The van der Waals surface area contributed by atoms with E-state index in [1.54, 1.807) is 0 Å². The van der Waals surface area contributed by atoms with Gasteiger partial charge in [0.2, 0.25) is 17.6 Å². The Balaban J connectivity index is 1.77. The molecule has 1 fully saturated rings. The molecular weight excluding hydrogens is 366 g/mol. The molecule has 0 saturated carbocycles. The van der Waals surface area contributed by atoms with E-state index < -0.39 is 24.1 Å². The van der Waals surface area contributed by atoms with Gasteiger partial charge in [0.05, 0.1) is 22.4 Å². The number of carbonyl (C=O) groups is 3. The minimum absolute atomic E-state index is 0.137. The number of benzene rings is 1. The monoisotopic (exact) mass is 389 g/mol. The van der Waals surface area contributed by atoms with Crippen LogP contribution in [0.5, 0.6) is 0 Å². The summed E-state index contributed by atoms with van der Waals surface area (Å²) in [6.45, 7) is 3.44. The second kappa shape index (κ2) is 8.14. The number of aliphatic hydroxyl groups is 1. The lowest BCUT2D eigenvalue weighted by Gasteiger charge is -2.24. The third kappa shape index (κ3) is 4.17. The first kappa shape index (κ1) is 19.4. The van der Waals surface area contributed by atoms with Crippen LogP contribution in [0.15, 0.2) is 24.3 Å². The van der Waals surface area contributed by atoms with Gasteiger partial charge in [0.1, 0.15) is 6.04 Å². The van der Waals surface area contributed by atoms with Crippen LogP contribution >= 0.6 is 11.3 Å². The first-order chi connectivity index (χ1) is 12.9. The van der Waals surface area contributed by atoms with Crippen LogP contribution in [0, 0.1) is 0 Å². The molecule has 2 amide bonds. The molecule has 144 valence electrons. The molecule has 7 nitrogen and oxygen atoms in total. The molecule has 1 aliphatic heterocycles. The van der Waals surface area contributed by atoms with E-state index in [0.29, 0.717) is 17.8 Å². The summed E-state index contributed by atoms with van der Waals surface area (Å²) in [6.07, 6.45) is 0.648. The van der Waals surface area contributed by atoms with Crippen LogP contribution in [0.4, 0.5) is 0 Å². The molecule has 27 heavy (non-hydrogen) atoms. The Morgan fingerprint density at radius 2 is 2.11 bits per heavy atom. The van der Waals surface area contributed by atoms with Crippen molar-refractivity contribution < 1.29 is 19.5 Å². The first-order valence-corrected chi connectivity index (χ1v) is 9.87. The summed E-state index contributed by atoms with van der Waals surface area (Å²) in [5.41, 5.74) is 0.758. The fraction of sp³-hybridized carbons (Fsp3) is 0.474. The number of para-hydroxylation sites is 1. The van der Waals surface area contributed by atoms with Crippen LogP contribution in [0.25, 0.3) is 10.2 Å². The van der Waals surface area contributed by atoms with Gasteiger partial charge in [0.15, 0.2) is 5.01 Å². The zero-order chi connectivity index (χ0) is 19.6. The molecule has 0 bridgehead atoms. The fourth-order valence-electron chi connectivity index (χ4n) is 3.36. The highest BCUT2D eigenvalue weighted by Crippen LogP contribution is 2.24. The van der Waals surface area contributed by atoms with Gasteiger partial charge >= 0.3 is 0 Å². The van der Waals surface area contributed by atoms with Crippen molar-refractivity contribution in [2.75, 3.05) is 6.54 Å². The topological polar surface area (TPSA) is 99.6 Å². The molecule has 2 heterocycles. The van der Waals surface area contributed by atoms with Crippen molar-refractivity contribution in [3.8, 4) is 0 Å². The lowest BCUT2D eigenvalue weighted by Crippen LogP contribution is -2.50. The minimum atomic E-state index is -0.750. The van der Waals surface area contributed by atoms with Crippen molar-refractivity contribution in [3.05, 3.63) is 29.3 Å². The molecule has 1 aliphatic rings. The molecule has 1 unspecified atom stereocenters. The average molecular weight is 389 g/mol. The number of nitrogens with zero attached hydrogens (tertiary/aromatic N) is 2. The van der Waals surface area contributed by atoms with Gasteiger partial charge in [-0.2, -0.15) is 0 Å². The predicted octanol–water partition coefficient (Wildman–Crippen LogP) is 1.75. The van der Waals surface area contributed by atoms with E-state index >= 15 is 0 Å². The molecule has 3 atom stereocenters. The summed E-state index contributed by atoms with van der Waals surface area (Å²) in [4.78, 5) is 43.1. The standard InChI is InChI=1S/C19H23N3O4S/c1-3-6-14(17(25)19-21-13-7-4-5-8-16(13)27-19)20-18(26)15-9-12(24)10-22(15)11(2)23/h4-5,7-8,12,14-15,24H,3,6,9-10H2,1-2H3,(H,20,26)/t12-,14?,15+/m1/s1. The number of aliphatic hydroxyl groups excluding tert-OH is 1. The maximum Gasteiger partial charge on any atom is 0.243 e. The molecule has 0 radical (unpaired) electrons. The molecule has 2 aromatic rings. The minimum Gasteiger partial charge on any atom is -0.391 e. The molecule has 2 N–H and O–H groups in total. The second-order valence-corrected chi connectivity index (χ2v) is 7.81. The van der Waals surface area contributed by atoms with E-state index in [2.05, 4.69) is 10.3 Å². The van der Waals surface area contributed by atoms with Gasteiger partial charge in [-0.1, -0.05) is 25.5 Å². The maximum atomic E-state index is 12.9. The molecular formula is C19H23N3O4S. The van der Waals surface area contributed by atoms with E-state index in [1.807, 2.05) is 31.2 Å². The highest BCUT2D eigenvalue weighted by atomic mass is 32.1. The van der Waals surface area contributed by atoms with Gasteiger partial charge < -0.3 is 15.3 Å². The highest BCUT2D eigenvalue weighted by Gasteiger charge is 2.38. The molecule has 0 spiro atoms. The number of ketones is 1. The van der Waals surface area contributed by atoms with Crippen molar-refractivity contribution in [3.63, 3.8) is 0 Å². The molecule has 1 aromatic carbocycles. The van der Waals surface area contributed by atoms with Crippen LogP contribution in [-0.2, 0) is 9.59 Å². The van der Waals surface area contributed by atoms with Crippen molar-refractivity contribution >= 4 is 39.2 Å². The van der Waals surface area contributed by atoms with Crippen molar-refractivity contribution in [2.24, 2.45) is 0 Å². The normalized spacial score (nSPS) is 20.6. The van der Waals surface area contributed by atoms with E-state index in [1.165, 1.54) is 23.2 Å². The number of carbonyl (C=O) groups excluding carboxylic acids is 3. The van der Waals surface area contributed by atoms with Crippen LogP contribution in [0.2, 0.25) is 0 Å². The Hall–Kier alpha value is -2.32. The van der Waals surface area contributed by atoms with Crippen LogP contribution in [-0.4, -0.2) is 57.3 Å². The largest absolute Gasteiger partial charge is 0.391 e. The van der Waals surface area contributed by atoms with Crippen LogP contribution < -0.4 is 5.32 Å². The van der Waals surface area contributed by atoms with Gasteiger partial charge in [-0.15, -0.1) is 11.3 Å². The van der Waals surface area contributed by atoms with Gasteiger partial charge in [0.25, 0.3) is 0 Å². The third-order valence-corrected chi connectivity index (χ3v) is 5.75. The number of hydrogen-bond donors (Lipinski definition) is 2. The Morgan fingerprint density at radius 3 is 2.78 bits per heavy atom. The van der Waals surface area contributed by atoms with E-state index in [0.717, 1.165) is 10.2 Å². The maximum absolute atomic E-state index is 12.9. The Morgan fingerprint density at radius 1 is 1.37 bits per heavy atom. The number of amides is 2. The SMILES string of the molecule is CCCC(NC(=O)[C@@H]1C[C@@H](O)CN1C(C)=O)C(=O)c1nc2ccccc2s1. The molecule has 1 saturated heterocycles. The number of likely N-dealkylation sites (tertiary alicyclic amines) is 1. The summed E-state index contributed by atoms with van der Waals surface area (Å²) in [7, 11) is 0. The predicted molar refractivity (Wildman–Crippen MR) is 103 cm³/mol. The number of hydrogen-bond acceptors (Lipinski definition) is 6. The van der Waals surface area contributed by atoms with Gasteiger partial charge in [-0.05, 0) is 18.6 Å². The second-order valence-electron chi connectivity index (χ2n) is 6.78. The zero-order valence-electron chi connectivity index (χ0n) is 15.3. The number of thiazole rings is 1. The lowest BCUT2D eigenvalue weighted by atomic mass is 10.1. The third-order valence-electron chi connectivity index (χ3n) is 4.70. The van der Waals surface area contributed by atoms with Gasteiger partial charge in [0, 0.05) is 19.9 Å². The number of aromatic nitrogens is 1. The number of fused-ring (bicyclic) bond motifs is 1. The van der Waals surface area contributed by atoms with E-state index in [9.17, 15) is 19.5 Å². The number of Topliss-reactive ketones (excluding diaryl/α,β-unsaturated/α-hetero) is 1. The highest BCUT2D eigenvalue weighted by molar-refractivity contribution is 7.20. The van der Waals surface area contributed by atoms with Gasteiger partial charge in [-0.3, -0.25) is 14.4 Å². The lowest BCUT2D eigenvalue weighted by molar-refractivity contribution is -0.137. The Labute approximate surface area is 161 Å². The van der Waals surface area contributed by atoms with Gasteiger partial charge in [-0.25, -0.2) is 4.98 Å². The van der Waals surface area contributed by atoms with Crippen LogP contribution in [0.1, 0.15) is 42.9 Å². The summed E-state index contributed by atoms with van der Waals surface area (Å²) >= 11 is 1.31. The zero-order valence-corrected chi connectivity index (χ0v) is 16.2. The summed E-state index contributed by atoms with van der Waals surface area (Å²) in [5, 5.41) is 13.0. The van der Waals surface area contributed by atoms with E-state index in [-0.39, 0.29) is 24.7 Å². The summed E-state index contributed by atoms with van der Waals surface area (Å²) in [6, 6.07) is 6.06. The van der Waals surface area contributed by atoms with Crippen molar-refractivity contribution in [2.45, 2.75) is 51.3 Å². The molecule has 0 aliphatic carbocycles. The van der Waals surface area contributed by atoms with E-state index in [4.69, 9.17) is 0 Å². The molecule has 3 rings (SSSR count). The number of nitrogens with one attached hydrogen (secondary N) is 1. The summed E-state index contributed by atoms with van der Waals surface area (Å²) < 4.78 is 0.920. The Bertz CT molecular complexity index is 833. The summed E-state index contributed by atoms with van der Waals surface area (Å²) in [5.74, 6) is -0.898. The Kier molecular flexibility index (Phi) is 5.86. The first-order valence-electron chi connectivity index (χ1n) is 9.06. The van der Waals surface area contributed by atoms with Crippen molar-refractivity contribution in [1.29, 1.82) is 0 Å². The number of β-amino-alcohol motifs (C(OH)–C–C–N with tert-alkyl or cyclic N) is 1. The molecule has 1 aromatic heterocycles. The smallest absolute Gasteiger partial charge is 0.243 e. The number of rotatable bonds is 6. The molecule has 8 heteroatoms. The fourth-order valence-corrected chi connectivity index (χ4v) is 4.32. The average Bonchev–Trinajstić information content (AvgIpc) is 3.24.